The molecule has 1 saturated heterocycles. The maximum atomic E-state index is 12.2. The van der Waals surface area contributed by atoms with E-state index in [1.54, 1.807) is 0 Å². The molecule has 1 aromatic carbocycles. The van der Waals surface area contributed by atoms with Gasteiger partial charge in [0.15, 0.2) is 0 Å². The number of carbonyl (C=O) groups is 1. The average Bonchev–Trinajstić information content (AvgIpc) is 3.36. The molecule has 1 amide bonds. The van der Waals surface area contributed by atoms with Crippen molar-refractivity contribution in [2.45, 2.75) is 38.8 Å². The van der Waals surface area contributed by atoms with Crippen molar-refractivity contribution in [3.63, 3.8) is 0 Å². The number of benzene rings is 1. The van der Waals surface area contributed by atoms with Gasteiger partial charge in [0.1, 0.15) is 12.1 Å². The van der Waals surface area contributed by atoms with Crippen molar-refractivity contribution in [3.05, 3.63) is 35.9 Å². The Labute approximate surface area is 127 Å². The molecule has 0 bridgehead atoms. The second-order valence-electron chi connectivity index (χ2n) is 5.53. The molecule has 1 saturated carbocycles. The molecule has 21 heavy (non-hydrogen) atoms. The van der Waals surface area contributed by atoms with Crippen molar-refractivity contribution >= 4 is 5.91 Å². The first kappa shape index (κ1) is 16.0. The van der Waals surface area contributed by atoms with Crippen LogP contribution in [0.3, 0.4) is 0 Å². The van der Waals surface area contributed by atoms with Gasteiger partial charge in [-0.05, 0) is 24.3 Å². The van der Waals surface area contributed by atoms with E-state index in [1.807, 2.05) is 49.1 Å². The summed E-state index contributed by atoms with van der Waals surface area (Å²) in [5.41, 5.74) is 7.00. The summed E-state index contributed by atoms with van der Waals surface area (Å²) in [4.78, 5) is 14.1. The third-order valence-electron chi connectivity index (χ3n) is 3.84. The van der Waals surface area contributed by atoms with E-state index < -0.39 is 6.04 Å². The second-order valence-corrected chi connectivity index (χ2v) is 5.53. The number of nitrogens with two attached hydrogens (primary N) is 1. The second kappa shape index (κ2) is 7.57. The minimum absolute atomic E-state index is 0.0327. The van der Waals surface area contributed by atoms with E-state index in [-0.39, 0.29) is 12.0 Å². The fraction of sp³-hybridized carbons (Fsp3) is 0.588. The molecule has 0 aromatic heterocycles. The Morgan fingerprint density at radius 2 is 1.90 bits per heavy atom. The fourth-order valence-electron chi connectivity index (χ4n) is 2.51. The molecule has 3 rings (SSSR count). The van der Waals surface area contributed by atoms with Crippen LogP contribution >= 0.6 is 0 Å². The maximum Gasteiger partial charge on any atom is 0.241 e. The van der Waals surface area contributed by atoms with Gasteiger partial charge in [-0.2, -0.15) is 0 Å². The molecule has 4 heteroatoms. The lowest BCUT2D eigenvalue weighted by Crippen LogP contribution is -2.45. The summed E-state index contributed by atoms with van der Waals surface area (Å²) in [6, 6.07) is 9.54. The van der Waals surface area contributed by atoms with Crippen LogP contribution in [0.25, 0.3) is 0 Å². The fourth-order valence-corrected chi connectivity index (χ4v) is 2.51. The number of nitrogens with zero attached hydrogens (tertiary/aromatic N) is 1. The molecule has 2 fully saturated rings. The summed E-state index contributed by atoms with van der Waals surface area (Å²) in [7, 11) is 0. The van der Waals surface area contributed by atoms with Gasteiger partial charge in [0, 0.05) is 6.54 Å². The Morgan fingerprint density at radius 3 is 2.52 bits per heavy atom. The van der Waals surface area contributed by atoms with Crippen LogP contribution in [0.2, 0.25) is 0 Å². The van der Waals surface area contributed by atoms with Crippen LogP contribution < -0.4 is 5.73 Å². The number of rotatable bonds is 3. The quantitative estimate of drug-likeness (QED) is 0.929. The van der Waals surface area contributed by atoms with Crippen molar-refractivity contribution in [1.82, 2.24) is 4.90 Å². The maximum absolute atomic E-state index is 12.2. The largest absolute Gasteiger partial charge is 0.370 e. The topological polar surface area (TPSA) is 55.6 Å². The highest BCUT2D eigenvalue weighted by Crippen LogP contribution is 2.31. The molecule has 1 aliphatic heterocycles. The average molecular weight is 290 g/mol. The SMILES string of the molecule is CC.N[C@H]1CO[C@@H](c2ccccc2)CN(CC2CC2)C1=O. The Bertz CT molecular complexity index is 445. The first-order chi connectivity index (χ1) is 10.2. The van der Waals surface area contributed by atoms with Crippen LogP contribution in [0.15, 0.2) is 30.3 Å². The standard InChI is InChI=1S/C15H20N2O2.C2H6/c16-13-10-19-14(12-4-2-1-3-5-12)9-17(15(13)18)8-11-6-7-11;1-2/h1-5,11,13-14H,6-10,16H2;1-2H3/t13-,14+;/m0./s1. The van der Waals surface area contributed by atoms with Crippen LogP contribution in [0.1, 0.15) is 38.4 Å². The molecule has 1 heterocycles. The summed E-state index contributed by atoms with van der Waals surface area (Å²) >= 11 is 0. The first-order valence-corrected chi connectivity index (χ1v) is 7.95. The van der Waals surface area contributed by atoms with Gasteiger partial charge < -0.3 is 15.4 Å². The first-order valence-electron chi connectivity index (χ1n) is 7.95. The molecule has 0 spiro atoms. The van der Waals surface area contributed by atoms with Gasteiger partial charge >= 0.3 is 0 Å². The highest BCUT2D eigenvalue weighted by Gasteiger charge is 2.33. The molecular weight excluding hydrogens is 264 g/mol. The van der Waals surface area contributed by atoms with E-state index in [4.69, 9.17) is 10.5 Å². The normalized spacial score (nSPS) is 25.9. The number of carbonyl (C=O) groups excluding carboxylic acids is 1. The van der Waals surface area contributed by atoms with E-state index in [2.05, 4.69) is 0 Å². The third-order valence-corrected chi connectivity index (χ3v) is 3.84. The Balaban J connectivity index is 0.000000774. The summed E-state index contributed by atoms with van der Waals surface area (Å²) < 4.78 is 5.82. The highest BCUT2D eigenvalue weighted by atomic mass is 16.5. The smallest absolute Gasteiger partial charge is 0.241 e. The lowest BCUT2D eigenvalue weighted by Gasteiger charge is -2.24. The zero-order valence-electron chi connectivity index (χ0n) is 13.0. The van der Waals surface area contributed by atoms with Crippen molar-refractivity contribution in [2.75, 3.05) is 19.7 Å². The molecule has 2 aliphatic rings. The molecule has 0 radical (unpaired) electrons. The molecule has 2 N–H and O–H groups in total. The zero-order chi connectivity index (χ0) is 15.2. The van der Waals surface area contributed by atoms with Crippen LogP contribution in [0.4, 0.5) is 0 Å². The zero-order valence-corrected chi connectivity index (χ0v) is 13.0. The molecule has 1 aliphatic carbocycles. The van der Waals surface area contributed by atoms with Gasteiger partial charge in [0.25, 0.3) is 0 Å². The van der Waals surface area contributed by atoms with Crippen molar-refractivity contribution in [2.24, 2.45) is 11.7 Å². The Morgan fingerprint density at radius 1 is 1.24 bits per heavy atom. The van der Waals surface area contributed by atoms with Crippen molar-refractivity contribution in [3.8, 4) is 0 Å². The Hall–Kier alpha value is -1.39. The summed E-state index contributed by atoms with van der Waals surface area (Å²) in [5, 5.41) is 0. The van der Waals surface area contributed by atoms with E-state index in [0.29, 0.717) is 19.1 Å². The minimum atomic E-state index is -0.521. The number of amides is 1. The number of ether oxygens (including phenoxy) is 1. The molecule has 4 nitrogen and oxygen atoms in total. The van der Waals surface area contributed by atoms with Crippen LogP contribution in [-0.4, -0.2) is 36.5 Å². The van der Waals surface area contributed by atoms with E-state index >= 15 is 0 Å². The van der Waals surface area contributed by atoms with Gasteiger partial charge in [-0.3, -0.25) is 4.79 Å². The number of hydrogen-bond acceptors (Lipinski definition) is 3. The van der Waals surface area contributed by atoms with E-state index in [0.717, 1.165) is 12.1 Å². The van der Waals surface area contributed by atoms with E-state index in [1.165, 1.54) is 12.8 Å². The minimum Gasteiger partial charge on any atom is -0.370 e. The monoisotopic (exact) mass is 290 g/mol. The van der Waals surface area contributed by atoms with Gasteiger partial charge in [0.05, 0.1) is 13.2 Å². The third kappa shape index (κ3) is 4.29. The molecule has 116 valence electrons. The predicted octanol–water partition coefficient (Wildman–Crippen LogP) is 2.35. The van der Waals surface area contributed by atoms with Crippen LogP contribution in [-0.2, 0) is 9.53 Å². The molecule has 1 aromatic rings. The van der Waals surface area contributed by atoms with Crippen LogP contribution in [0.5, 0.6) is 0 Å². The van der Waals surface area contributed by atoms with E-state index in [9.17, 15) is 4.79 Å². The van der Waals surface area contributed by atoms with Crippen LogP contribution in [0, 0.1) is 5.92 Å². The molecular formula is C17H26N2O2. The predicted molar refractivity (Wildman–Crippen MR) is 83.8 cm³/mol. The van der Waals surface area contributed by atoms with Gasteiger partial charge in [-0.15, -0.1) is 0 Å². The summed E-state index contributed by atoms with van der Waals surface area (Å²) in [6.07, 6.45) is 2.41. The summed E-state index contributed by atoms with van der Waals surface area (Å²) in [6.45, 7) is 5.76. The molecule has 0 unspecified atom stereocenters. The number of hydrogen-bond donors (Lipinski definition) is 1. The van der Waals surface area contributed by atoms with Gasteiger partial charge in [0.2, 0.25) is 5.91 Å². The van der Waals surface area contributed by atoms with Gasteiger partial charge in [-0.1, -0.05) is 44.2 Å². The molecule has 2 atom stereocenters. The lowest BCUT2D eigenvalue weighted by molar-refractivity contribution is -0.132. The van der Waals surface area contributed by atoms with Gasteiger partial charge in [-0.25, -0.2) is 0 Å². The Kier molecular flexibility index (Phi) is 5.76. The van der Waals surface area contributed by atoms with Crippen molar-refractivity contribution < 1.29 is 9.53 Å². The lowest BCUT2D eigenvalue weighted by atomic mass is 10.1. The summed E-state index contributed by atoms with van der Waals surface area (Å²) in [5.74, 6) is 0.705. The van der Waals surface area contributed by atoms with Crippen molar-refractivity contribution in [1.29, 1.82) is 0 Å². The highest BCUT2D eigenvalue weighted by molar-refractivity contribution is 5.82.